The predicted octanol–water partition coefficient (Wildman–Crippen LogP) is 2.21. The summed E-state index contributed by atoms with van der Waals surface area (Å²) in [4.78, 5) is 17.9. The molecule has 2 N–H and O–H groups in total. The van der Waals surface area contributed by atoms with E-state index < -0.39 is 6.09 Å². The Morgan fingerprint density at radius 2 is 2.22 bits per heavy atom. The number of nitrogens with zero attached hydrogens (tertiary/aromatic N) is 2. The number of hydrogen-bond donors (Lipinski definition) is 2. The Bertz CT molecular complexity index is 432. The molecule has 0 saturated heterocycles. The predicted molar refractivity (Wildman–Crippen MR) is 65.2 cm³/mol. The number of ether oxygens (including phenoxy) is 1. The zero-order chi connectivity index (χ0) is 13.1. The Hall–Kier alpha value is -1.27. The SMILES string of the molecule is O=C(O)NCC1CC(Oc2cc(Cl)nc(Cl)n2)C1. The van der Waals surface area contributed by atoms with Crippen molar-refractivity contribution in [3.63, 3.8) is 0 Å². The lowest BCUT2D eigenvalue weighted by molar-refractivity contribution is 0.0604. The van der Waals surface area contributed by atoms with Crippen molar-refractivity contribution >= 4 is 29.3 Å². The molecule has 6 nitrogen and oxygen atoms in total. The molecule has 1 aromatic rings. The normalized spacial score (nSPS) is 22.1. The lowest BCUT2D eigenvalue weighted by Crippen LogP contribution is -2.40. The highest BCUT2D eigenvalue weighted by Crippen LogP contribution is 2.31. The highest BCUT2D eigenvalue weighted by Gasteiger charge is 2.31. The van der Waals surface area contributed by atoms with Gasteiger partial charge in [0.05, 0.1) is 0 Å². The van der Waals surface area contributed by atoms with E-state index in [1.54, 1.807) is 0 Å². The molecule has 0 aliphatic heterocycles. The van der Waals surface area contributed by atoms with Gasteiger partial charge in [0.15, 0.2) is 0 Å². The first-order valence-corrected chi connectivity index (χ1v) is 6.12. The molecule has 1 fully saturated rings. The standard InChI is InChI=1S/C10H11Cl2N3O3/c11-7-3-8(15-9(12)14-7)18-6-1-5(2-6)4-13-10(16)17/h3,5-6,13H,1-2,4H2,(H,16,17). The first-order valence-electron chi connectivity index (χ1n) is 5.36. The van der Waals surface area contributed by atoms with Crippen LogP contribution in [0.1, 0.15) is 12.8 Å². The molecule has 1 saturated carbocycles. The summed E-state index contributed by atoms with van der Waals surface area (Å²) < 4.78 is 5.55. The Morgan fingerprint density at radius 1 is 1.50 bits per heavy atom. The van der Waals surface area contributed by atoms with Crippen LogP contribution in [0.2, 0.25) is 10.4 Å². The minimum Gasteiger partial charge on any atom is -0.474 e. The van der Waals surface area contributed by atoms with Crippen LogP contribution in [-0.4, -0.2) is 33.8 Å². The van der Waals surface area contributed by atoms with Crippen LogP contribution in [0.15, 0.2) is 6.07 Å². The van der Waals surface area contributed by atoms with Gasteiger partial charge in [0.1, 0.15) is 11.3 Å². The van der Waals surface area contributed by atoms with Gasteiger partial charge >= 0.3 is 6.09 Å². The molecule has 1 amide bonds. The van der Waals surface area contributed by atoms with Crippen LogP contribution >= 0.6 is 23.2 Å². The molecule has 1 aliphatic carbocycles. The summed E-state index contributed by atoms with van der Waals surface area (Å²) >= 11 is 11.4. The van der Waals surface area contributed by atoms with E-state index in [1.807, 2.05) is 0 Å². The molecule has 0 radical (unpaired) electrons. The average molecular weight is 292 g/mol. The van der Waals surface area contributed by atoms with Crippen LogP contribution in [0.5, 0.6) is 5.88 Å². The van der Waals surface area contributed by atoms with E-state index in [-0.39, 0.29) is 16.5 Å². The molecule has 0 atom stereocenters. The molecule has 1 aromatic heterocycles. The third-order valence-electron chi connectivity index (χ3n) is 2.67. The van der Waals surface area contributed by atoms with Gasteiger partial charge in [-0.1, -0.05) is 11.6 Å². The minimum absolute atomic E-state index is 0.0210. The summed E-state index contributed by atoms with van der Waals surface area (Å²) in [5.74, 6) is 0.647. The molecule has 2 rings (SSSR count). The summed E-state index contributed by atoms with van der Waals surface area (Å²) in [6.07, 6.45) is 0.570. The maximum Gasteiger partial charge on any atom is 0.404 e. The molecular weight excluding hydrogens is 281 g/mol. The minimum atomic E-state index is -1.01. The van der Waals surface area contributed by atoms with Crippen molar-refractivity contribution in [3.8, 4) is 5.88 Å². The number of nitrogens with one attached hydrogen (secondary N) is 1. The second kappa shape index (κ2) is 5.58. The van der Waals surface area contributed by atoms with Crippen molar-refractivity contribution in [1.82, 2.24) is 15.3 Å². The summed E-state index contributed by atoms with van der Waals surface area (Å²) in [5, 5.41) is 11.1. The molecule has 0 spiro atoms. The smallest absolute Gasteiger partial charge is 0.404 e. The molecule has 1 heterocycles. The van der Waals surface area contributed by atoms with Crippen molar-refractivity contribution in [2.24, 2.45) is 5.92 Å². The number of rotatable bonds is 4. The van der Waals surface area contributed by atoms with Gasteiger partial charge in [-0.2, -0.15) is 4.98 Å². The molecule has 98 valence electrons. The van der Waals surface area contributed by atoms with E-state index in [2.05, 4.69) is 15.3 Å². The molecule has 0 bridgehead atoms. The van der Waals surface area contributed by atoms with Gasteiger partial charge in [0, 0.05) is 12.6 Å². The first kappa shape index (κ1) is 13.2. The largest absolute Gasteiger partial charge is 0.474 e. The number of hydrogen-bond acceptors (Lipinski definition) is 4. The van der Waals surface area contributed by atoms with E-state index in [4.69, 9.17) is 33.0 Å². The van der Waals surface area contributed by atoms with Gasteiger partial charge in [0.2, 0.25) is 11.2 Å². The number of halogens is 2. The van der Waals surface area contributed by atoms with E-state index in [9.17, 15) is 4.79 Å². The van der Waals surface area contributed by atoms with Crippen LogP contribution in [0, 0.1) is 5.92 Å². The number of carboxylic acid groups (broad SMARTS) is 1. The fourth-order valence-electron chi connectivity index (χ4n) is 1.77. The Morgan fingerprint density at radius 3 is 2.83 bits per heavy atom. The zero-order valence-corrected chi connectivity index (χ0v) is 10.8. The number of aromatic nitrogens is 2. The van der Waals surface area contributed by atoms with Gasteiger partial charge in [0.25, 0.3) is 0 Å². The van der Waals surface area contributed by atoms with E-state index >= 15 is 0 Å². The van der Waals surface area contributed by atoms with Gasteiger partial charge in [-0.25, -0.2) is 9.78 Å². The second-order valence-electron chi connectivity index (χ2n) is 4.06. The lowest BCUT2D eigenvalue weighted by atomic mass is 9.82. The molecule has 0 aromatic carbocycles. The van der Waals surface area contributed by atoms with Gasteiger partial charge in [-0.15, -0.1) is 0 Å². The van der Waals surface area contributed by atoms with Crippen LogP contribution in [0.4, 0.5) is 4.79 Å². The van der Waals surface area contributed by atoms with Gasteiger partial charge in [-0.3, -0.25) is 0 Å². The first-order chi connectivity index (χ1) is 8.52. The fourth-order valence-corrected chi connectivity index (χ4v) is 2.16. The summed E-state index contributed by atoms with van der Waals surface area (Å²) in [6.45, 7) is 0.445. The Labute approximate surface area is 113 Å². The number of amides is 1. The topological polar surface area (TPSA) is 84.3 Å². The van der Waals surface area contributed by atoms with Crippen LogP contribution in [0.3, 0.4) is 0 Å². The highest BCUT2D eigenvalue weighted by molar-refractivity contribution is 6.31. The van der Waals surface area contributed by atoms with Crippen molar-refractivity contribution in [1.29, 1.82) is 0 Å². The van der Waals surface area contributed by atoms with E-state index in [1.165, 1.54) is 6.07 Å². The maximum atomic E-state index is 10.3. The summed E-state index contributed by atoms with van der Waals surface area (Å²) in [7, 11) is 0. The lowest BCUT2D eigenvalue weighted by Gasteiger charge is -2.34. The molecule has 0 unspecified atom stereocenters. The zero-order valence-electron chi connectivity index (χ0n) is 9.27. The second-order valence-corrected chi connectivity index (χ2v) is 4.79. The fraction of sp³-hybridized carbons (Fsp3) is 0.500. The molecule has 1 aliphatic rings. The van der Waals surface area contributed by atoms with Crippen molar-refractivity contribution in [2.45, 2.75) is 18.9 Å². The Kier molecular flexibility index (Phi) is 4.08. The maximum absolute atomic E-state index is 10.3. The van der Waals surface area contributed by atoms with Gasteiger partial charge < -0.3 is 15.2 Å². The Balaban J connectivity index is 1.78. The monoisotopic (exact) mass is 291 g/mol. The molecular formula is C10H11Cl2N3O3. The quantitative estimate of drug-likeness (QED) is 0.656. The van der Waals surface area contributed by atoms with E-state index in [0.29, 0.717) is 18.3 Å². The van der Waals surface area contributed by atoms with Gasteiger partial charge in [-0.05, 0) is 30.4 Å². The molecule has 18 heavy (non-hydrogen) atoms. The highest BCUT2D eigenvalue weighted by atomic mass is 35.5. The van der Waals surface area contributed by atoms with Crippen molar-refractivity contribution < 1.29 is 14.6 Å². The van der Waals surface area contributed by atoms with Crippen molar-refractivity contribution in [3.05, 3.63) is 16.5 Å². The van der Waals surface area contributed by atoms with Crippen molar-refractivity contribution in [2.75, 3.05) is 6.54 Å². The summed E-state index contributed by atoms with van der Waals surface area (Å²) in [5.41, 5.74) is 0. The summed E-state index contributed by atoms with van der Waals surface area (Å²) in [6, 6.07) is 1.50. The van der Waals surface area contributed by atoms with E-state index in [0.717, 1.165) is 12.8 Å². The average Bonchev–Trinajstić information content (AvgIpc) is 2.19. The third-order valence-corrected chi connectivity index (χ3v) is 3.03. The number of carbonyl (C=O) groups is 1. The van der Waals surface area contributed by atoms with Crippen LogP contribution < -0.4 is 10.1 Å². The van der Waals surface area contributed by atoms with Crippen LogP contribution in [-0.2, 0) is 0 Å². The van der Waals surface area contributed by atoms with Crippen LogP contribution in [0.25, 0.3) is 0 Å². The molecule has 8 heteroatoms. The third kappa shape index (κ3) is 3.61.